The topological polar surface area (TPSA) is 41.1 Å². The van der Waals surface area contributed by atoms with Gasteiger partial charge in [0.1, 0.15) is 0 Å². The van der Waals surface area contributed by atoms with Crippen molar-refractivity contribution in [3.63, 3.8) is 0 Å². The van der Waals surface area contributed by atoms with Gasteiger partial charge in [0.15, 0.2) is 0 Å². The summed E-state index contributed by atoms with van der Waals surface area (Å²) >= 11 is 0. The molecule has 1 amide bonds. The Balaban J connectivity index is 1.75. The van der Waals surface area contributed by atoms with E-state index < -0.39 is 0 Å². The summed E-state index contributed by atoms with van der Waals surface area (Å²) in [6, 6.07) is 0.528. The minimum atomic E-state index is 0.0884. The molecule has 1 heterocycles. The van der Waals surface area contributed by atoms with Gasteiger partial charge in [0.05, 0.1) is 6.04 Å². The van der Waals surface area contributed by atoms with E-state index in [4.69, 9.17) is 0 Å². The van der Waals surface area contributed by atoms with Crippen LogP contribution in [-0.2, 0) is 4.79 Å². The summed E-state index contributed by atoms with van der Waals surface area (Å²) in [4.78, 5) is 11.9. The molecule has 2 N–H and O–H groups in total. The lowest BCUT2D eigenvalue weighted by Crippen LogP contribution is -2.45. The Kier molecular flexibility index (Phi) is 4.64. The van der Waals surface area contributed by atoms with Crippen LogP contribution in [0.15, 0.2) is 0 Å². The maximum Gasteiger partial charge on any atom is 0.237 e. The molecule has 2 rings (SSSR count). The molecule has 2 aliphatic rings. The summed E-state index contributed by atoms with van der Waals surface area (Å²) in [6.07, 6.45) is 11.1. The number of carbonyl (C=O) groups is 1. The van der Waals surface area contributed by atoms with Crippen LogP contribution in [0.1, 0.15) is 57.8 Å². The van der Waals surface area contributed by atoms with Crippen LogP contribution in [0.4, 0.5) is 0 Å². The molecule has 1 atom stereocenters. The van der Waals surface area contributed by atoms with Crippen LogP contribution in [0.25, 0.3) is 0 Å². The van der Waals surface area contributed by atoms with Gasteiger partial charge in [-0.3, -0.25) is 4.79 Å². The van der Waals surface area contributed by atoms with Gasteiger partial charge in [-0.15, -0.1) is 0 Å². The smallest absolute Gasteiger partial charge is 0.237 e. The Bertz CT molecular complexity index is 216. The zero-order valence-corrected chi connectivity index (χ0v) is 10.1. The average Bonchev–Trinajstić information content (AvgIpc) is 2.74. The van der Waals surface area contributed by atoms with Crippen LogP contribution in [0.3, 0.4) is 0 Å². The standard InChI is InChI=1S/C13H24N2O/c16-13(12-9-6-10-14-12)15-11-7-4-2-1-3-5-8-11/h11-12,14H,1-10H2,(H,15,16)/t12-/m0/s1. The van der Waals surface area contributed by atoms with Crippen LogP contribution >= 0.6 is 0 Å². The van der Waals surface area contributed by atoms with Gasteiger partial charge in [-0.2, -0.15) is 0 Å². The summed E-state index contributed by atoms with van der Waals surface area (Å²) < 4.78 is 0. The second-order valence-electron chi connectivity index (χ2n) is 5.20. The predicted molar refractivity (Wildman–Crippen MR) is 65.3 cm³/mol. The Hall–Kier alpha value is -0.570. The average molecular weight is 224 g/mol. The SMILES string of the molecule is O=C(NC1CCCCCCC1)[C@@H]1CCCN1. The number of amides is 1. The summed E-state index contributed by atoms with van der Waals surface area (Å²) in [7, 11) is 0. The summed E-state index contributed by atoms with van der Waals surface area (Å²) in [5, 5.41) is 6.49. The Morgan fingerprint density at radius 2 is 1.62 bits per heavy atom. The minimum absolute atomic E-state index is 0.0884. The number of hydrogen-bond acceptors (Lipinski definition) is 2. The quantitative estimate of drug-likeness (QED) is 0.753. The molecule has 16 heavy (non-hydrogen) atoms. The molecule has 0 unspecified atom stereocenters. The highest BCUT2D eigenvalue weighted by atomic mass is 16.2. The van der Waals surface area contributed by atoms with Crippen LogP contribution in [0.5, 0.6) is 0 Å². The van der Waals surface area contributed by atoms with Crippen LogP contribution in [-0.4, -0.2) is 24.5 Å². The lowest BCUT2D eigenvalue weighted by molar-refractivity contribution is -0.123. The molecule has 1 aliphatic carbocycles. The van der Waals surface area contributed by atoms with E-state index in [2.05, 4.69) is 10.6 Å². The van der Waals surface area contributed by atoms with E-state index in [1.807, 2.05) is 0 Å². The normalized spacial score (nSPS) is 28.4. The van der Waals surface area contributed by atoms with Gasteiger partial charge in [-0.05, 0) is 32.2 Å². The van der Waals surface area contributed by atoms with Crippen molar-refractivity contribution in [2.24, 2.45) is 0 Å². The molecule has 1 aliphatic heterocycles. The number of hydrogen-bond donors (Lipinski definition) is 2. The fourth-order valence-electron chi connectivity index (χ4n) is 2.81. The molecule has 3 heteroatoms. The van der Waals surface area contributed by atoms with Gasteiger partial charge in [0.2, 0.25) is 5.91 Å². The molecule has 0 radical (unpaired) electrons. The zero-order valence-electron chi connectivity index (χ0n) is 10.1. The third kappa shape index (κ3) is 3.48. The summed E-state index contributed by atoms with van der Waals surface area (Å²) in [6.45, 7) is 1.00. The number of carbonyl (C=O) groups excluding carboxylic acids is 1. The third-order valence-corrected chi connectivity index (χ3v) is 3.83. The summed E-state index contributed by atoms with van der Waals surface area (Å²) in [5.41, 5.74) is 0. The Morgan fingerprint density at radius 1 is 0.938 bits per heavy atom. The molecule has 1 saturated carbocycles. The lowest BCUT2D eigenvalue weighted by Gasteiger charge is -2.22. The number of nitrogens with one attached hydrogen (secondary N) is 2. The highest BCUT2D eigenvalue weighted by Gasteiger charge is 2.24. The maximum absolute atomic E-state index is 11.9. The van der Waals surface area contributed by atoms with Gasteiger partial charge in [0, 0.05) is 6.04 Å². The van der Waals surface area contributed by atoms with Crippen LogP contribution < -0.4 is 10.6 Å². The van der Waals surface area contributed by atoms with Gasteiger partial charge < -0.3 is 10.6 Å². The molecule has 0 bridgehead atoms. The monoisotopic (exact) mass is 224 g/mol. The fourth-order valence-corrected chi connectivity index (χ4v) is 2.81. The molecule has 2 fully saturated rings. The van der Waals surface area contributed by atoms with E-state index in [-0.39, 0.29) is 11.9 Å². The van der Waals surface area contributed by atoms with Gasteiger partial charge in [0.25, 0.3) is 0 Å². The van der Waals surface area contributed by atoms with E-state index in [1.165, 1.54) is 44.9 Å². The van der Waals surface area contributed by atoms with E-state index in [9.17, 15) is 4.79 Å². The third-order valence-electron chi connectivity index (χ3n) is 3.83. The van der Waals surface area contributed by atoms with Gasteiger partial charge in [-0.25, -0.2) is 0 Å². The lowest BCUT2D eigenvalue weighted by atomic mass is 9.96. The predicted octanol–water partition coefficient (Wildman–Crippen LogP) is 1.97. The molecular weight excluding hydrogens is 200 g/mol. The van der Waals surface area contributed by atoms with Crippen molar-refractivity contribution in [3.8, 4) is 0 Å². The van der Waals surface area contributed by atoms with Crippen LogP contribution in [0, 0.1) is 0 Å². The molecule has 0 aromatic carbocycles. The van der Waals surface area contributed by atoms with Crippen molar-refractivity contribution in [2.45, 2.75) is 69.9 Å². The molecule has 0 aromatic rings. The van der Waals surface area contributed by atoms with Crippen molar-refractivity contribution in [2.75, 3.05) is 6.54 Å². The van der Waals surface area contributed by atoms with Crippen molar-refractivity contribution >= 4 is 5.91 Å². The first kappa shape index (κ1) is 11.9. The largest absolute Gasteiger partial charge is 0.352 e. The van der Waals surface area contributed by atoms with E-state index in [0.717, 1.165) is 19.4 Å². The second kappa shape index (κ2) is 6.24. The maximum atomic E-state index is 11.9. The minimum Gasteiger partial charge on any atom is -0.352 e. The first-order chi connectivity index (χ1) is 7.86. The van der Waals surface area contributed by atoms with E-state index in [0.29, 0.717) is 6.04 Å². The van der Waals surface area contributed by atoms with Crippen LogP contribution in [0.2, 0.25) is 0 Å². The number of rotatable bonds is 2. The van der Waals surface area contributed by atoms with Crippen molar-refractivity contribution in [3.05, 3.63) is 0 Å². The van der Waals surface area contributed by atoms with Gasteiger partial charge >= 0.3 is 0 Å². The molecule has 3 nitrogen and oxygen atoms in total. The van der Waals surface area contributed by atoms with Crippen molar-refractivity contribution in [1.29, 1.82) is 0 Å². The van der Waals surface area contributed by atoms with Crippen molar-refractivity contribution in [1.82, 2.24) is 10.6 Å². The molecule has 0 aromatic heterocycles. The zero-order chi connectivity index (χ0) is 11.2. The van der Waals surface area contributed by atoms with E-state index >= 15 is 0 Å². The highest BCUT2D eigenvalue weighted by molar-refractivity contribution is 5.82. The highest BCUT2D eigenvalue weighted by Crippen LogP contribution is 2.17. The summed E-state index contributed by atoms with van der Waals surface area (Å²) in [5.74, 6) is 0.239. The Morgan fingerprint density at radius 3 is 2.25 bits per heavy atom. The molecular formula is C13H24N2O. The molecule has 92 valence electrons. The Labute approximate surface area is 98.4 Å². The first-order valence-corrected chi connectivity index (χ1v) is 6.90. The first-order valence-electron chi connectivity index (χ1n) is 6.90. The fraction of sp³-hybridized carbons (Fsp3) is 0.923. The second-order valence-corrected chi connectivity index (χ2v) is 5.20. The van der Waals surface area contributed by atoms with E-state index in [1.54, 1.807) is 0 Å². The van der Waals surface area contributed by atoms with Crippen molar-refractivity contribution < 1.29 is 4.79 Å². The molecule has 1 saturated heterocycles. The van der Waals surface area contributed by atoms with Gasteiger partial charge in [-0.1, -0.05) is 32.1 Å². The molecule has 0 spiro atoms.